The van der Waals surface area contributed by atoms with E-state index in [1.54, 1.807) is 13.8 Å². The number of sulfonamides is 1. The first-order valence-electron chi connectivity index (χ1n) is 5.25. The van der Waals surface area contributed by atoms with Crippen LogP contribution >= 0.6 is 11.3 Å². The van der Waals surface area contributed by atoms with E-state index in [0.717, 1.165) is 11.3 Å². The lowest BCUT2D eigenvalue weighted by Gasteiger charge is -2.08. The number of rotatable bonds is 6. The largest absolute Gasteiger partial charge is 0.477 e. The zero-order chi connectivity index (χ0) is 13.9. The van der Waals surface area contributed by atoms with Gasteiger partial charge in [0.2, 0.25) is 10.0 Å². The summed E-state index contributed by atoms with van der Waals surface area (Å²) in [5, 5.41) is 19.5. The lowest BCUT2D eigenvalue weighted by atomic mass is 10.3. The number of carboxylic acids is 1. The van der Waals surface area contributed by atoms with E-state index >= 15 is 0 Å². The molecule has 0 bridgehead atoms. The van der Waals surface area contributed by atoms with Crippen LogP contribution in [0.3, 0.4) is 0 Å². The molecule has 18 heavy (non-hydrogen) atoms. The third-order valence-electron chi connectivity index (χ3n) is 2.24. The minimum atomic E-state index is -3.85. The van der Waals surface area contributed by atoms with Gasteiger partial charge in [0.25, 0.3) is 0 Å². The van der Waals surface area contributed by atoms with Gasteiger partial charge in [0, 0.05) is 6.54 Å². The van der Waals surface area contributed by atoms with Crippen LogP contribution in [-0.2, 0) is 10.0 Å². The van der Waals surface area contributed by atoms with Gasteiger partial charge < -0.3 is 10.2 Å². The molecule has 0 radical (unpaired) electrons. The number of hydrogen-bond acceptors (Lipinski definition) is 5. The van der Waals surface area contributed by atoms with E-state index in [9.17, 15) is 13.2 Å². The fourth-order valence-electron chi connectivity index (χ4n) is 1.39. The van der Waals surface area contributed by atoms with Gasteiger partial charge in [-0.1, -0.05) is 0 Å². The first-order valence-corrected chi connectivity index (χ1v) is 7.61. The van der Waals surface area contributed by atoms with Crippen molar-refractivity contribution >= 4 is 27.3 Å². The fourth-order valence-corrected chi connectivity index (χ4v) is 4.06. The Balaban J connectivity index is 2.98. The van der Waals surface area contributed by atoms with Crippen LogP contribution in [0, 0.1) is 6.92 Å². The molecule has 1 aromatic rings. The van der Waals surface area contributed by atoms with Crippen molar-refractivity contribution in [1.82, 2.24) is 4.72 Å². The second-order valence-electron chi connectivity index (χ2n) is 3.92. The highest BCUT2D eigenvalue weighted by molar-refractivity contribution is 7.89. The highest BCUT2D eigenvalue weighted by atomic mass is 32.2. The number of thiophene rings is 1. The van der Waals surface area contributed by atoms with Gasteiger partial charge in [-0.2, -0.15) is 0 Å². The van der Waals surface area contributed by atoms with E-state index in [1.165, 1.54) is 5.38 Å². The quantitative estimate of drug-likeness (QED) is 0.720. The van der Waals surface area contributed by atoms with Crippen LogP contribution < -0.4 is 4.72 Å². The normalized spacial score (nSPS) is 13.5. The molecule has 6 nitrogen and oxygen atoms in total. The van der Waals surface area contributed by atoms with E-state index < -0.39 is 22.1 Å². The number of nitrogens with one attached hydrogen (secondary N) is 1. The Morgan fingerprint density at radius 3 is 2.67 bits per heavy atom. The summed E-state index contributed by atoms with van der Waals surface area (Å²) < 4.78 is 26.2. The van der Waals surface area contributed by atoms with E-state index in [2.05, 4.69) is 4.72 Å². The summed E-state index contributed by atoms with van der Waals surface area (Å²) >= 11 is 0.883. The van der Waals surface area contributed by atoms with E-state index in [4.69, 9.17) is 10.2 Å². The Kier molecular flexibility index (Phi) is 4.85. The van der Waals surface area contributed by atoms with Crippen molar-refractivity contribution in [3.8, 4) is 0 Å². The number of hydrogen-bond donors (Lipinski definition) is 3. The van der Waals surface area contributed by atoms with Crippen molar-refractivity contribution in [1.29, 1.82) is 0 Å². The predicted molar refractivity (Wildman–Crippen MR) is 67.5 cm³/mol. The minimum absolute atomic E-state index is 0.0638. The summed E-state index contributed by atoms with van der Waals surface area (Å²) in [6, 6.07) is 0. The highest BCUT2D eigenvalue weighted by Crippen LogP contribution is 2.26. The summed E-state index contributed by atoms with van der Waals surface area (Å²) in [4.78, 5) is 10.6. The van der Waals surface area contributed by atoms with Crippen LogP contribution in [0.2, 0.25) is 0 Å². The number of aliphatic hydroxyl groups is 1. The highest BCUT2D eigenvalue weighted by Gasteiger charge is 2.26. The number of aliphatic hydroxyl groups excluding tert-OH is 1. The van der Waals surface area contributed by atoms with Gasteiger partial charge in [-0.05, 0) is 31.2 Å². The van der Waals surface area contributed by atoms with Crippen LogP contribution in [0.4, 0.5) is 0 Å². The van der Waals surface area contributed by atoms with Crippen molar-refractivity contribution < 1.29 is 23.4 Å². The Morgan fingerprint density at radius 1 is 1.56 bits per heavy atom. The van der Waals surface area contributed by atoms with Crippen molar-refractivity contribution in [3.63, 3.8) is 0 Å². The molecule has 0 aromatic carbocycles. The third-order valence-corrected chi connectivity index (χ3v) is 5.10. The summed E-state index contributed by atoms with van der Waals surface area (Å²) in [7, 11) is -3.85. The third kappa shape index (κ3) is 3.52. The number of carbonyl (C=O) groups is 1. The first kappa shape index (κ1) is 15.1. The molecule has 3 N–H and O–H groups in total. The van der Waals surface area contributed by atoms with Crippen molar-refractivity contribution in [3.05, 3.63) is 15.8 Å². The fraction of sp³-hybridized carbons (Fsp3) is 0.500. The molecule has 0 aliphatic rings. The molecule has 1 rings (SSSR count). The predicted octanol–water partition coefficient (Wildman–Crippen LogP) is 0.804. The Labute approximate surface area is 109 Å². The van der Waals surface area contributed by atoms with Gasteiger partial charge in [-0.3, -0.25) is 0 Å². The zero-order valence-corrected chi connectivity index (χ0v) is 11.6. The second kappa shape index (κ2) is 5.79. The van der Waals surface area contributed by atoms with Crippen molar-refractivity contribution in [2.75, 3.05) is 6.54 Å². The lowest BCUT2D eigenvalue weighted by molar-refractivity contribution is 0.0698. The average Bonchev–Trinajstić information content (AvgIpc) is 2.59. The zero-order valence-electron chi connectivity index (χ0n) is 10.0. The Bertz CT molecular complexity index is 532. The van der Waals surface area contributed by atoms with Crippen LogP contribution in [0.15, 0.2) is 10.3 Å². The standard InChI is InChI=1S/C10H15NO5S2/c1-6-5-17-8(10(13)14)9(6)18(15,16)11-4-3-7(2)12/h5,7,11-12H,3-4H2,1-2H3,(H,13,14). The number of carboxylic acid groups (broad SMARTS) is 1. The SMILES string of the molecule is Cc1csc(C(=O)O)c1S(=O)(=O)NCCC(C)O. The Hall–Kier alpha value is -0.960. The smallest absolute Gasteiger partial charge is 0.347 e. The Morgan fingerprint density at radius 2 is 2.17 bits per heavy atom. The lowest BCUT2D eigenvalue weighted by Crippen LogP contribution is -2.28. The van der Waals surface area contributed by atoms with E-state index in [0.29, 0.717) is 5.56 Å². The molecule has 0 spiro atoms. The molecule has 1 aromatic heterocycles. The summed E-state index contributed by atoms with van der Waals surface area (Å²) in [5.74, 6) is -1.26. The summed E-state index contributed by atoms with van der Waals surface area (Å²) in [6.45, 7) is 3.16. The first-order chi connectivity index (χ1) is 8.25. The van der Waals surface area contributed by atoms with Crippen LogP contribution in [0.5, 0.6) is 0 Å². The molecule has 8 heteroatoms. The van der Waals surface area contributed by atoms with Gasteiger partial charge in [-0.15, -0.1) is 11.3 Å². The molecule has 1 heterocycles. The van der Waals surface area contributed by atoms with Crippen LogP contribution in [0.25, 0.3) is 0 Å². The molecule has 0 saturated heterocycles. The minimum Gasteiger partial charge on any atom is -0.477 e. The maximum atomic E-state index is 12.0. The molecule has 1 unspecified atom stereocenters. The van der Waals surface area contributed by atoms with E-state index in [-0.39, 0.29) is 22.7 Å². The van der Waals surface area contributed by atoms with Crippen molar-refractivity contribution in [2.45, 2.75) is 31.3 Å². The molecule has 0 saturated carbocycles. The molecular formula is C10H15NO5S2. The summed E-state index contributed by atoms with van der Waals surface area (Å²) in [6.07, 6.45) is -0.347. The second-order valence-corrected chi connectivity index (χ2v) is 6.50. The molecule has 0 aliphatic carbocycles. The number of aryl methyl sites for hydroxylation is 1. The topological polar surface area (TPSA) is 104 Å². The molecular weight excluding hydrogens is 278 g/mol. The monoisotopic (exact) mass is 293 g/mol. The molecule has 0 fully saturated rings. The van der Waals surface area contributed by atoms with Crippen LogP contribution in [-0.4, -0.2) is 37.2 Å². The summed E-state index contributed by atoms with van der Waals surface area (Å²) in [5.41, 5.74) is 0.405. The molecule has 102 valence electrons. The van der Waals surface area contributed by atoms with Gasteiger partial charge >= 0.3 is 5.97 Å². The molecule has 1 atom stereocenters. The van der Waals surface area contributed by atoms with Gasteiger partial charge in [-0.25, -0.2) is 17.9 Å². The average molecular weight is 293 g/mol. The number of aromatic carboxylic acids is 1. The molecule has 0 aliphatic heterocycles. The van der Waals surface area contributed by atoms with Gasteiger partial charge in [0.05, 0.1) is 6.10 Å². The molecule has 0 amide bonds. The van der Waals surface area contributed by atoms with Crippen LogP contribution in [0.1, 0.15) is 28.6 Å². The van der Waals surface area contributed by atoms with Gasteiger partial charge in [0.1, 0.15) is 9.77 Å². The maximum absolute atomic E-state index is 12.0. The van der Waals surface area contributed by atoms with Crippen molar-refractivity contribution in [2.24, 2.45) is 0 Å². The van der Waals surface area contributed by atoms with E-state index in [1.807, 2.05) is 0 Å². The maximum Gasteiger partial charge on any atom is 0.347 e. The van der Waals surface area contributed by atoms with Gasteiger partial charge in [0.15, 0.2) is 0 Å².